The molecule has 17 heavy (non-hydrogen) atoms. The van der Waals surface area contributed by atoms with Gasteiger partial charge in [0, 0.05) is 25.3 Å². The third-order valence-corrected chi connectivity index (χ3v) is 3.34. The van der Waals surface area contributed by atoms with Gasteiger partial charge in [0.1, 0.15) is 0 Å². The molecule has 0 aromatic rings. The molecule has 1 rings (SSSR count). The van der Waals surface area contributed by atoms with Gasteiger partial charge in [-0.2, -0.15) is 0 Å². The Hall–Kier alpha value is -0.160. The van der Waals surface area contributed by atoms with E-state index in [1.807, 2.05) is 13.8 Å². The van der Waals surface area contributed by atoms with Crippen LogP contribution in [0, 0.1) is 0 Å². The number of nitrogens with zero attached hydrogens (tertiary/aromatic N) is 1. The molecule has 0 amide bonds. The third-order valence-electron chi connectivity index (χ3n) is 3.34. The van der Waals surface area contributed by atoms with Crippen molar-refractivity contribution < 1.29 is 9.47 Å². The zero-order chi connectivity index (χ0) is 12.7. The minimum atomic E-state index is -0.133. The molecule has 4 heteroatoms. The van der Waals surface area contributed by atoms with Crippen LogP contribution >= 0.6 is 0 Å². The molecule has 0 aromatic heterocycles. The first-order chi connectivity index (χ1) is 8.19. The van der Waals surface area contributed by atoms with Crippen LogP contribution in [0.2, 0.25) is 0 Å². The standard InChI is InChI=1S/C13H28N2O2/c1-5-16-13(17-6-2)10-14-15-11(3)8-7-9-12(15)4/h11-14H,5-10H2,1-4H3. The summed E-state index contributed by atoms with van der Waals surface area (Å²) in [6.07, 6.45) is 3.74. The van der Waals surface area contributed by atoms with Crippen molar-refractivity contribution in [2.45, 2.75) is 65.3 Å². The number of hydrazine groups is 1. The molecular formula is C13H28N2O2. The van der Waals surface area contributed by atoms with Gasteiger partial charge < -0.3 is 9.47 Å². The number of ether oxygens (including phenoxy) is 2. The maximum absolute atomic E-state index is 5.53. The molecule has 0 aromatic carbocycles. The second kappa shape index (κ2) is 8.03. The highest BCUT2D eigenvalue weighted by Crippen LogP contribution is 2.20. The van der Waals surface area contributed by atoms with Gasteiger partial charge in [0.05, 0.1) is 6.54 Å². The molecule has 0 bridgehead atoms. The van der Waals surface area contributed by atoms with E-state index in [9.17, 15) is 0 Å². The Balaban J connectivity index is 2.35. The lowest BCUT2D eigenvalue weighted by Crippen LogP contribution is -2.54. The molecule has 0 spiro atoms. The van der Waals surface area contributed by atoms with Crippen LogP contribution in [-0.4, -0.2) is 43.1 Å². The fourth-order valence-corrected chi connectivity index (χ4v) is 2.45. The molecule has 1 saturated heterocycles. The summed E-state index contributed by atoms with van der Waals surface area (Å²) in [6, 6.07) is 1.20. The number of hydrogen-bond donors (Lipinski definition) is 1. The summed E-state index contributed by atoms with van der Waals surface area (Å²) < 4.78 is 11.1. The molecule has 1 aliphatic rings. The number of piperidine rings is 1. The topological polar surface area (TPSA) is 33.7 Å². The summed E-state index contributed by atoms with van der Waals surface area (Å²) in [7, 11) is 0. The summed E-state index contributed by atoms with van der Waals surface area (Å²) in [5.74, 6) is 0. The average molecular weight is 244 g/mol. The van der Waals surface area contributed by atoms with E-state index >= 15 is 0 Å². The summed E-state index contributed by atoms with van der Waals surface area (Å²) in [4.78, 5) is 0. The van der Waals surface area contributed by atoms with E-state index in [4.69, 9.17) is 9.47 Å². The lowest BCUT2D eigenvalue weighted by molar-refractivity contribution is -0.143. The Morgan fingerprint density at radius 3 is 2.12 bits per heavy atom. The molecule has 0 aliphatic carbocycles. The van der Waals surface area contributed by atoms with Gasteiger partial charge in [-0.15, -0.1) is 0 Å². The molecule has 0 saturated carbocycles. The normalized spacial score (nSPS) is 26.6. The van der Waals surface area contributed by atoms with E-state index in [0.717, 1.165) is 6.54 Å². The van der Waals surface area contributed by atoms with E-state index in [-0.39, 0.29) is 6.29 Å². The first kappa shape index (κ1) is 14.9. The van der Waals surface area contributed by atoms with Crippen molar-refractivity contribution in [3.05, 3.63) is 0 Å². The van der Waals surface area contributed by atoms with Gasteiger partial charge in [0.2, 0.25) is 0 Å². The SMILES string of the molecule is CCOC(CNN1C(C)CCCC1C)OCC. The molecule has 1 aliphatic heterocycles. The van der Waals surface area contributed by atoms with E-state index in [2.05, 4.69) is 24.3 Å². The van der Waals surface area contributed by atoms with Crippen LogP contribution in [0.25, 0.3) is 0 Å². The molecule has 1 fully saturated rings. The van der Waals surface area contributed by atoms with Crippen molar-refractivity contribution in [3.8, 4) is 0 Å². The van der Waals surface area contributed by atoms with E-state index in [1.54, 1.807) is 0 Å². The van der Waals surface area contributed by atoms with Crippen LogP contribution in [0.3, 0.4) is 0 Å². The Labute approximate surface area is 106 Å². The molecule has 1 N–H and O–H groups in total. The summed E-state index contributed by atoms with van der Waals surface area (Å²) in [5.41, 5.74) is 3.47. The predicted molar refractivity (Wildman–Crippen MR) is 69.7 cm³/mol. The zero-order valence-electron chi connectivity index (χ0n) is 11.7. The quantitative estimate of drug-likeness (QED) is 0.696. The van der Waals surface area contributed by atoms with Crippen molar-refractivity contribution in [3.63, 3.8) is 0 Å². The summed E-state index contributed by atoms with van der Waals surface area (Å²) >= 11 is 0. The maximum Gasteiger partial charge on any atom is 0.171 e. The minimum Gasteiger partial charge on any atom is -0.352 e. The van der Waals surface area contributed by atoms with Crippen molar-refractivity contribution >= 4 is 0 Å². The van der Waals surface area contributed by atoms with Crippen LogP contribution < -0.4 is 5.43 Å². The smallest absolute Gasteiger partial charge is 0.171 e. The van der Waals surface area contributed by atoms with Crippen molar-refractivity contribution in [2.75, 3.05) is 19.8 Å². The molecule has 1 heterocycles. The van der Waals surface area contributed by atoms with Gasteiger partial charge in [0.15, 0.2) is 6.29 Å². The highest BCUT2D eigenvalue weighted by molar-refractivity contribution is 4.76. The maximum atomic E-state index is 5.53. The minimum absolute atomic E-state index is 0.133. The van der Waals surface area contributed by atoms with Gasteiger partial charge in [-0.1, -0.05) is 6.42 Å². The highest BCUT2D eigenvalue weighted by atomic mass is 16.7. The number of hydrogen-bond acceptors (Lipinski definition) is 4. The Morgan fingerprint density at radius 1 is 1.12 bits per heavy atom. The molecule has 2 atom stereocenters. The number of rotatable bonds is 7. The molecule has 102 valence electrons. The Bertz CT molecular complexity index is 186. The second-order valence-corrected chi connectivity index (χ2v) is 4.74. The first-order valence-corrected chi connectivity index (χ1v) is 6.94. The van der Waals surface area contributed by atoms with Crippen LogP contribution in [0.1, 0.15) is 47.0 Å². The second-order valence-electron chi connectivity index (χ2n) is 4.74. The fourth-order valence-electron chi connectivity index (χ4n) is 2.45. The van der Waals surface area contributed by atoms with Crippen LogP contribution in [-0.2, 0) is 9.47 Å². The summed E-state index contributed by atoms with van der Waals surface area (Å²) in [6.45, 7) is 10.7. The van der Waals surface area contributed by atoms with Crippen molar-refractivity contribution in [2.24, 2.45) is 0 Å². The number of nitrogens with one attached hydrogen (secondary N) is 1. The first-order valence-electron chi connectivity index (χ1n) is 6.94. The van der Waals surface area contributed by atoms with Gasteiger partial charge in [-0.3, -0.25) is 0 Å². The molecular weight excluding hydrogens is 216 g/mol. The Kier molecular flexibility index (Phi) is 7.04. The van der Waals surface area contributed by atoms with Crippen molar-refractivity contribution in [1.29, 1.82) is 0 Å². The fraction of sp³-hybridized carbons (Fsp3) is 1.00. The third kappa shape index (κ3) is 4.92. The monoisotopic (exact) mass is 244 g/mol. The average Bonchev–Trinajstić information content (AvgIpc) is 2.29. The molecule has 4 nitrogen and oxygen atoms in total. The Morgan fingerprint density at radius 2 is 1.65 bits per heavy atom. The molecule has 0 radical (unpaired) electrons. The van der Waals surface area contributed by atoms with E-state index in [0.29, 0.717) is 25.3 Å². The van der Waals surface area contributed by atoms with Gasteiger partial charge >= 0.3 is 0 Å². The van der Waals surface area contributed by atoms with E-state index < -0.39 is 0 Å². The van der Waals surface area contributed by atoms with Crippen LogP contribution in [0.4, 0.5) is 0 Å². The lowest BCUT2D eigenvalue weighted by atomic mass is 10.00. The van der Waals surface area contributed by atoms with E-state index in [1.165, 1.54) is 19.3 Å². The van der Waals surface area contributed by atoms with Gasteiger partial charge in [0.25, 0.3) is 0 Å². The van der Waals surface area contributed by atoms with Gasteiger partial charge in [-0.25, -0.2) is 10.4 Å². The lowest BCUT2D eigenvalue weighted by Gasteiger charge is -2.39. The predicted octanol–water partition coefficient (Wildman–Crippen LogP) is 2.15. The highest BCUT2D eigenvalue weighted by Gasteiger charge is 2.25. The van der Waals surface area contributed by atoms with Gasteiger partial charge in [-0.05, 0) is 40.5 Å². The van der Waals surface area contributed by atoms with Crippen LogP contribution in [0.5, 0.6) is 0 Å². The van der Waals surface area contributed by atoms with Crippen molar-refractivity contribution in [1.82, 2.24) is 10.4 Å². The molecule has 2 unspecified atom stereocenters. The zero-order valence-corrected chi connectivity index (χ0v) is 11.7. The summed E-state index contributed by atoms with van der Waals surface area (Å²) in [5, 5.41) is 2.36. The van der Waals surface area contributed by atoms with Crippen LogP contribution in [0.15, 0.2) is 0 Å². The largest absolute Gasteiger partial charge is 0.352 e.